The summed E-state index contributed by atoms with van der Waals surface area (Å²) in [5.74, 6) is 6.66. The Kier molecular flexibility index (Phi) is 3.59. The molecule has 0 spiro atoms. The maximum atomic E-state index is 5.73. The third-order valence-corrected chi connectivity index (χ3v) is 3.85. The number of nitrogens with one attached hydrogen (secondary N) is 1. The summed E-state index contributed by atoms with van der Waals surface area (Å²) in [4.78, 5) is 0. The quantitative estimate of drug-likeness (QED) is 0.671. The molecule has 1 aliphatic heterocycles. The molecular weight excluding hydrogens is 308 g/mol. The van der Waals surface area contributed by atoms with E-state index in [2.05, 4.69) is 33.5 Å². The topological polar surface area (TPSA) is 60.4 Å². The Morgan fingerprint density at radius 1 is 1.42 bits per heavy atom. The van der Waals surface area contributed by atoms with E-state index in [1.54, 1.807) is 12.5 Å². The number of halogens is 1. The monoisotopic (exact) mass is 322 g/mol. The van der Waals surface area contributed by atoms with Gasteiger partial charge in [-0.05, 0) is 35.7 Å². The number of ether oxygens (including phenoxy) is 1. The van der Waals surface area contributed by atoms with Crippen LogP contribution in [0, 0.1) is 0 Å². The van der Waals surface area contributed by atoms with E-state index in [-0.39, 0.29) is 6.04 Å². The lowest BCUT2D eigenvalue weighted by atomic mass is 9.99. The highest BCUT2D eigenvalue weighted by atomic mass is 79.9. The predicted octanol–water partition coefficient (Wildman–Crippen LogP) is 2.72. The van der Waals surface area contributed by atoms with E-state index in [0.717, 1.165) is 40.8 Å². The summed E-state index contributed by atoms with van der Waals surface area (Å²) in [5, 5.41) is 0. The van der Waals surface area contributed by atoms with Crippen LogP contribution >= 0.6 is 15.9 Å². The molecule has 100 valence electrons. The minimum atomic E-state index is 0.0151. The Morgan fingerprint density at radius 2 is 2.32 bits per heavy atom. The van der Waals surface area contributed by atoms with Gasteiger partial charge in [-0.25, -0.2) is 0 Å². The molecule has 1 aromatic carbocycles. The minimum Gasteiger partial charge on any atom is -0.493 e. The zero-order valence-corrected chi connectivity index (χ0v) is 11.9. The van der Waals surface area contributed by atoms with Gasteiger partial charge in [0.1, 0.15) is 5.75 Å². The molecule has 3 rings (SSSR count). The number of rotatable bonds is 4. The number of nitrogens with two attached hydrogens (primary N) is 1. The van der Waals surface area contributed by atoms with Gasteiger partial charge in [0.15, 0.2) is 0 Å². The molecule has 19 heavy (non-hydrogen) atoms. The standard InChI is InChI=1S/C14H15BrN2O2/c15-12-5-9-2-4-19-14(9)11(6-12)7-13(17-16)10-1-3-18-8-10/h1,3,5-6,8,13,17H,2,4,7,16H2. The van der Waals surface area contributed by atoms with Crippen LogP contribution in [-0.4, -0.2) is 6.61 Å². The molecule has 0 fully saturated rings. The lowest BCUT2D eigenvalue weighted by Crippen LogP contribution is -2.29. The Bertz CT molecular complexity index is 569. The van der Waals surface area contributed by atoms with Gasteiger partial charge >= 0.3 is 0 Å². The fourth-order valence-corrected chi connectivity index (χ4v) is 3.02. The molecule has 1 aliphatic rings. The van der Waals surface area contributed by atoms with E-state index in [1.807, 2.05) is 6.07 Å². The maximum Gasteiger partial charge on any atom is 0.125 e. The van der Waals surface area contributed by atoms with Crippen LogP contribution in [-0.2, 0) is 12.8 Å². The smallest absolute Gasteiger partial charge is 0.125 e. The van der Waals surface area contributed by atoms with Crippen LogP contribution in [0.15, 0.2) is 39.6 Å². The molecule has 2 heterocycles. The average Bonchev–Trinajstić information content (AvgIpc) is 3.05. The van der Waals surface area contributed by atoms with Crippen LogP contribution in [0.25, 0.3) is 0 Å². The van der Waals surface area contributed by atoms with Gasteiger partial charge in [0.2, 0.25) is 0 Å². The van der Waals surface area contributed by atoms with Crippen LogP contribution < -0.4 is 16.0 Å². The molecule has 3 N–H and O–H groups in total. The van der Waals surface area contributed by atoms with Crippen molar-refractivity contribution >= 4 is 15.9 Å². The second-order valence-electron chi connectivity index (χ2n) is 4.63. The second-order valence-corrected chi connectivity index (χ2v) is 5.55. The van der Waals surface area contributed by atoms with E-state index in [4.69, 9.17) is 15.0 Å². The molecule has 0 amide bonds. The Hall–Kier alpha value is -1.30. The van der Waals surface area contributed by atoms with Crippen molar-refractivity contribution in [1.29, 1.82) is 0 Å². The Morgan fingerprint density at radius 3 is 3.05 bits per heavy atom. The lowest BCUT2D eigenvalue weighted by molar-refractivity contribution is 0.351. The first-order valence-electron chi connectivity index (χ1n) is 6.20. The van der Waals surface area contributed by atoms with Crippen LogP contribution in [0.3, 0.4) is 0 Å². The van der Waals surface area contributed by atoms with Crippen molar-refractivity contribution in [3.05, 3.63) is 51.9 Å². The normalized spacial score (nSPS) is 15.1. The van der Waals surface area contributed by atoms with Gasteiger partial charge in [0, 0.05) is 16.5 Å². The van der Waals surface area contributed by atoms with Gasteiger partial charge < -0.3 is 9.15 Å². The predicted molar refractivity (Wildman–Crippen MR) is 75.8 cm³/mol. The number of benzene rings is 1. The van der Waals surface area contributed by atoms with Crippen LogP contribution in [0.1, 0.15) is 22.7 Å². The van der Waals surface area contributed by atoms with Crippen LogP contribution in [0.4, 0.5) is 0 Å². The van der Waals surface area contributed by atoms with Gasteiger partial charge in [0.25, 0.3) is 0 Å². The van der Waals surface area contributed by atoms with Gasteiger partial charge in [-0.15, -0.1) is 0 Å². The van der Waals surface area contributed by atoms with Crippen molar-refractivity contribution in [2.75, 3.05) is 6.61 Å². The second kappa shape index (κ2) is 5.36. The highest BCUT2D eigenvalue weighted by Gasteiger charge is 2.21. The molecule has 0 saturated heterocycles. The van der Waals surface area contributed by atoms with E-state index >= 15 is 0 Å². The number of hydrogen-bond acceptors (Lipinski definition) is 4. The molecule has 0 radical (unpaired) electrons. The van der Waals surface area contributed by atoms with Crippen molar-refractivity contribution in [1.82, 2.24) is 5.43 Å². The number of hydrazine groups is 1. The number of hydrogen-bond donors (Lipinski definition) is 2. The molecule has 5 heteroatoms. The fraction of sp³-hybridized carbons (Fsp3) is 0.286. The molecule has 1 aromatic heterocycles. The highest BCUT2D eigenvalue weighted by Crippen LogP contribution is 2.35. The average molecular weight is 323 g/mol. The van der Waals surface area contributed by atoms with Gasteiger partial charge in [-0.1, -0.05) is 15.9 Å². The van der Waals surface area contributed by atoms with E-state index in [1.165, 1.54) is 5.56 Å². The lowest BCUT2D eigenvalue weighted by Gasteiger charge is -2.16. The van der Waals surface area contributed by atoms with E-state index < -0.39 is 0 Å². The molecule has 0 aliphatic carbocycles. The SMILES string of the molecule is NNC(Cc1cc(Br)cc2c1OCC2)c1ccoc1. The molecule has 1 atom stereocenters. The van der Waals surface area contributed by atoms with Crippen molar-refractivity contribution in [3.63, 3.8) is 0 Å². The zero-order valence-electron chi connectivity index (χ0n) is 10.4. The molecule has 2 aromatic rings. The van der Waals surface area contributed by atoms with Crippen LogP contribution in [0.2, 0.25) is 0 Å². The summed E-state index contributed by atoms with van der Waals surface area (Å²) >= 11 is 3.55. The summed E-state index contributed by atoms with van der Waals surface area (Å²) in [5.41, 5.74) is 6.28. The Balaban J connectivity index is 1.90. The first kappa shape index (κ1) is 12.7. The van der Waals surface area contributed by atoms with E-state index in [9.17, 15) is 0 Å². The van der Waals surface area contributed by atoms with Gasteiger partial charge in [0.05, 0.1) is 25.2 Å². The van der Waals surface area contributed by atoms with Gasteiger partial charge in [-0.2, -0.15) is 0 Å². The maximum absolute atomic E-state index is 5.73. The van der Waals surface area contributed by atoms with Crippen molar-refractivity contribution in [3.8, 4) is 5.75 Å². The zero-order chi connectivity index (χ0) is 13.2. The summed E-state index contributed by atoms with van der Waals surface area (Å²) in [6.45, 7) is 0.755. The summed E-state index contributed by atoms with van der Waals surface area (Å²) in [6.07, 6.45) is 5.09. The van der Waals surface area contributed by atoms with Crippen molar-refractivity contribution in [2.45, 2.75) is 18.9 Å². The van der Waals surface area contributed by atoms with Crippen molar-refractivity contribution in [2.24, 2.45) is 5.84 Å². The van der Waals surface area contributed by atoms with Gasteiger partial charge in [-0.3, -0.25) is 11.3 Å². The number of furan rings is 1. The van der Waals surface area contributed by atoms with E-state index in [0.29, 0.717) is 0 Å². The Labute approximate surface area is 120 Å². The first-order chi connectivity index (χ1) is 9.28. The number of fused-ring (bicyclic) bond motifs is 1. The molecule has 0 bridgehead atoms. The summed E-state index contributed by atoms with van der Waals surface area (Å²) in [6, 6.07) is 6.15. The first-order valence-corrected chi connectivity index (χ1v) is 6.99. The molecule has 4 nitrogen and oxygen atoms in total. The summed E-state index contributed by atoms with van der Waals surface area (Å²) < 4.78 is 11.9. The third kappa shape index (κ3) is 2.54. The highest BCUT2D eigenvalue weighted by molar-refractivity contribution is 9.10. The molecular formula is C14H15BrN2O2. The largest absolute Gasteiger partial charge is 0.493 e. The van der Waals surface area contributed by atoms with Crippen molar-refractivity contribution < 1.29 is 9.15 Å². The fourth-order valence-electron chi connectivity index (χ4n) is 2.46. The molecule has 1 unspecified atom stereocenters. The summed E-state index contributed by atoms with van der Waals surface area (Å²) in [7, 11) is 0. The molecule has 0 saturated carbocycles. The minimum absolute atomic E-state index is 0.0151. The third-order valence-electron chi connectivity index (χ3n) is 3.40. The van der Waals surface area contributed by atoms with Crippen LogP contribution in [0.5, 0.6) is 5.75 Å².